The van der Waals surface area contributed by atoms with E-state index in [2.05, 4.69) is 50.3 Å². The number of ether oxygens (including phenoxy) is 2. The predicted molar refractivity (Wildman–Crippen MR) is 164 cm³/mol. The molecule has 40 heavy (non-hydrogen) atoms. The van der Waals surface area contributed by atoms with Crippen LogP contribution in [0.5, 0.6) is 0 Å². The molecule has 8 heteroatoms. The van der Waals surface area contributed by atoms with Crippen LogP contribution < -0.4 is 0 Å². The molecule has 2 aromatic rings. The summed E-state index contributed by atoms with van der Waals surface area (Å²) in [7, 11) is 1.39. The molecule has 0 bridgehead atoms. The number of hydrogen-bond acceptors (Lipinski definition) is 6. The van der Waals surface area contributed by atoms with Gasteiger partial charge < -0.3 is 9.47 Å². The lowest BCUT2D eigenvalue weighted by molar-refractivity contribution is -0.150. The average Bonchev–Trinajstić information content (AvgIpc) is 3.60. The number of carbonyl (C=O) groups excluding carboxylic acids is 3. The normalized spacial score (nSPS) is 11.9. The van der Waals surface area contributed by atoms with Gasteiger partial charge in [0.15, 0.2) is 0 Å². The Morgan fingerprint density at radius 2 is 1.32 bits per heavy atom. The minimum Gasteiger partial charge on any atom is -0.458 e. The molecule has 0 N–H and O–H groups in total. The van der Waals surface area contributed by atoms with E-state index < -0.39 is 11.9 Å². The van der Waals surface area contributed by atoms with E-state index in [1.165, 1.54) is 44.5 Å². The third kappa shape index (κ3) is 20.6. The highest BCUT2D eigenvalue weighted by molar-refractivity contribution is 6.08. The number of cyclic esters (lactones) is 3. The Bertz CT molecular complexity index is 1060. The molecule has 0 fully saturated rings. The van der Waals surface area contributed by atoms with E-state index in [9.17, 15) is 14.4 Å². The molecule has 2 heterocycles. The number of nitrogens with zero attached hydrogens (tertiary/aromatic N) is 3. The van der Waals surface area contributed by atoms with Crippen molar-refractivity contribution in [2.45, 2.75) is 61.3 Å². The summed E-state index contributed by atoms with van der Waals surface area (Å²) in [6, 6.07) is 18.7. The summed E-state index contributed by atoms with van der Waals surface area (Å²) >= 11 is 0. The summed E-state index contributed by atoms with van der Waals surface area (Å²) in [5.41, 5.74) is 12.0. The number of azide groups is 1. The van der Waals surface area contributed by atoms with Crippen LogP contribution in [-0.2, 0) is 36.7 Å². The zero-order valence-corrected chi connectivity index (χ0v) is 25.2. The smallest absolute Gasteiger partial charge is 0.341 e. The summed E-state index contributed by atoms with van der Waals surface area (Å²) in [6.45, 7) is 17.6. The van der Waals surface area contributed by atoms with Crippen LogP contribution >= 0.6 is 0 Å². The summed E-state index contributed by atoms with van der Waals surface area (Å²) in [5, 5.41) is 2.92. The first-order valence-corrected chi connectivity index (χ1v) is 13.4. The van der Waals surface area contributed by atoms with Crippen LogP contribution in [0.2, 0.25) is 0 Å². The first-order valence-electron chi connectivity index (χ1n) is 13.4. The highest BCUT2D eigenvalue weighted by Crippen LogP contribution is 2.20. The molecule has 0 saturated heterocycles. The van der Waals surface area contributed by atoms with Crippen LogP contribution in [0.3, 0.4) is 0 Å². The van der Waals surface area contributed by atoms with E-state index in [4.69, 9.17) is 5.53 Å². The van der Waals surface area contributed by atoms with Crippen LogP contribution in [0.1, 0.15) is 65.2 Å². The van der Waals surface area contributed by atoms with Crippen molar-refractivity contribution < 1.29 is 23.9 Å². The molecule has 218 valence electrons. The molecule has 0 spiro atoms. The topological polar surface area (TPSA) is 118 Å². The zero-order chi connectivity index (χ0) is 31.2. The van der Waals surface area contributed by atoms with Crippen LogP contribution in [0, 0.1) is 0 Å². The minimum absolute atomic E-state index is 0.227. The number of rotatable bonds is 1. The van der Waals surface area contributed by atoms with Crippen molar-refractivity contribution in [3.8, 4) is 0 Å². The molecule has 5 rings (SSSR count). The van der Waals surface area contributed by atoms with Gasteiger partial charge in [-0.05, 0) is 48.1 Å². The fourth-order valence-electron chi connectivity index (χ4n) is 2.49. The Morgan fingerprint density at radius 3 is 1.50 bits per heavy atom. The molecule has 0 unspecified atom stereocenters. The van der Waals surface area contributed by atoms with Crippen LogP contribution in [-0.4, -0.2) is 31.6 Å². The fourth-order valence-corrected chi connectivity index (χ4v) is 2.49. The van der Waals surface area contributed by atoms with Crippen molar-refractivity contribution in [1.82, 2.24) is 0 Å². The van der Waals surface area contributed by atoms with Gasteiger partial charge in [-0.25, -0.2) is 14.4 Å². The lowest BCUT2D eigenvalue weighted by atomic mass is 9.89. The lowest BCUT2D eigenvalue weighted by Gasteiger charge is -2.16. The Balaban J connectivity index is -0.000000414. The van der Waals surface area contributed by atoms with Gasteiger partial charge >= 0.3 is 17.9 Å². The van der Waals surface area contributed by atoms with Gasteiger partial charge in [-0.3, -0.25) is 0 Å². The van der Waals surface area contributed by atoms with Crippen LogP contribution in [0.4, 0.5) is 0 Å². The van der Waals surface area contributed by atoms with E-state index in [1.54, 1.807) is 17.2 Å². The second-order valence-corrected chi connectivity index (χ2v) is 6.74. The first-order chi connectivity index (χ1) is 19.4. The summed E-state index contributed by atoms with van der Waals surface area (Å²) in [6.07, 6.45) is 8.71. The molecule has 0 amide bonds. The minimum atomic E-state index is -0.562. The van der Waals surface area contributed by atoms with Gasteiger partial charge in [0.1, 0.15) is 6.61 Å². The van der Waals surface area contributed by atoms with Gasteiger partial charge in [0.05, 0.1) is 0 Å². The largest absolute Gasteiger partial charge is 0.458 e. The number of fused-ring (bicyclic) bond motifs is 1. The number of hydrogen-bond donors (Lipinski definition) is 0. The fraction of sp³-hybridized carbons (Fsp3) is 0.344. The predicted octanol–water partition coefficient (Wildman–Crippen LogP) is 8.24. The molecular formula is C32H45N3O5. The first kappa shape index (κ1) is 40.1. The van der Waals surface area contributed by atoms with Crippen molar-refractivity contribution in [3.63, 3.8) is 0 Å². The van der Waals surface area contributed by atoms with E-state index in [1.807, 2.05) is 78.0 Å². The van der Waals surface area contributed by atoms with Gasteiger partial charge in [0.2, 0.25) is 0 Å². The van der Waals surface area contributed by atoms with Crippen molar-refractivity contribution in [2.24, 2.45) is 5.11 Å². The molecule has 2 aliphatic heterocycles. The highest BCUT2D eigenvalue weighted by atomic mass is 16.6. The molecule has 0 saturated carbocycles. The van der Waals surface area contributed by atoms with Gasteiger partial charge in [-0.1, -0.05) is 114 Å². The van der Waals surface area contributed by atoms with E-state index in [-0.39, 0.29) is 5.97 Å². The second-order valence-electron chi connectivity index (χ2n) is 6.74. The monoisotopic (exact) mass is 551 g/mol. The number of benzene rings is 2. The Labute approximate surface area is 240 Å². The number of esters is 3. The third-order valence-corrected chi connectivity index (χ3v) is 4.33. The molecule has 2 aromatic carbocycles. The molecule has 3 aliphatic rings. The molecule has 0 atom stereocenters. The van der Waals surface area contributed by atoms with Gasteiger partial charge in [-0.2, -0.15) is 0 Å². The van der Waals surface area contributed by atoms with Crippen LogP contribution in [0.25, 0.3) is 16.5 Å². The number of aryl methyl sites for hydroxylation is 2. The standard InChI is InChI=1S/2C8H8.C5H4O3.C4H4O2.3C2H6.CH3N3/c1-2-4-8-6-5-7(8)3-1;1-2-8-6-4-3-5-7-8;1-3-2-4(6)8-5(3)7;5-4-2-1-3-6-4;3*1-2;1-3-4-2/h1-4H,5-6H2;2-7H,1H2;2H,1H3;1-2H,3H2;3*1-2H3;1H3. The van der Waals surface area contributed by atoms with Gasteiger partial charge in [-0.15, -0.1) is 0 Å². The number of carbonyl (C=O) groups is 3. The Hall–Kier alpha value is -4.42. The summed E-state index contributed by atoms with van der Waals surface area (Å²) in [5.74, 6) is -1.32. The summed E-state index contributed by atoms with van der Waals surface area (Å²) < 4.78 is 8.51. The maximum absolute atomic E-state index is 10.3. The molecular weight excluding hydrogens is 506 g/mol. The molecule has 0 aromatic heterocycles. The quantitative estimate of drug-likeness (QED) is 0.116. The maximum atomic E-state index is 10.3. The lowest BCUT2D eigenvalue weighted by Crippen LogP contribution is -2.06. The van der Waals surface area contributed by atoms with Crippen molar-refractivity contribution >= 4 is 24.0 Å². The highest BCUT2D eigenvalue weighted by Gasteiger charge is 2.18. The maximum Gasteiger partial charge on any atom is 0.341 e. The average molecular weight is 552 g/mol. The third-order valence-electron chi connectivity index (χ3n) is 4.33. The Kier molecular flexibility index (Phi) is 29.2. The van der Waals surface area contributed by atoms with E-state index in [0.717, 1.165) is 0 Å². The van der Waals surface area contributed by atoms with Crippen molar-refractivity contribution in [3.05, 3.63) is 112 Å². The van der Waals surface area contributed by atoms with Gasteiger partial charge in [0, 0.05) is 29.7 Å². The van der Waals surface area contributed by atoms with Gasteiger partial charge in [0.25, 0.3) is 0 Å². The van der Waals surface area contributed by atoms with Crippen molar-refractivity contribution in [1.29, 1.82) is 0 Å². The molecule has 0 radical (unpaired) electrons. The zero-order valence-electron chi connectivity index (χ0n) is 25.2. The molecule has 1 aliphatic carbocycles. The van der Waals surface area contributed by atoms with Crippen molar-refractivity contribution in [2.75, 3.05) is 13.7 Å². The Morgan fingerprint density at radius 1 is 0.850 bits per heavy atom. The molecule has 8 nitrogen and oxygen atoms in total. The SMILES string of the molecule is C=Cc1ccccc1.CC.CC.CC.CC1=CC(=O)OC1=O.CN=[N+]=[N-].O=C1C=CCO1.c1ccc2c(c1)CC2. The van der Waals surface area contributed by atoms with E-state index >= 15 is 0 Å². The second kappa shape index (κ2) is 29.1. The van der Waals surface area contributed by atoms with E-state index in [0.29, 0.717) is 12.2 Å². The van der Waals surface area contributed by atoms with Crippen LogP contribution in [0.15, 0.2) is 90.1 Å². The summed E-state index contributed by atoms with van der Waals surface area (Å²) in [4.78, 5) is 32.7.